The van der Waals surface area contributed by atoms with Crippen LogP contribution >= 0.6 is 11.6 Å². The number of sulfone groups is 1. The third-order valence-corrected chi connectivity index (χ3v) is 6.51. The molecule has 1 amide bonds. The smallest absolute Gasteiger partial charge is 0.392 e. The molecule has 0 fully saturated rings. The molecule has 11 heteroatoms. The van der Waals surface area contributed by atoms with Gasteiger partial charge >= 0.3 is 12.3 Å². The van der Waals surface area contributed by atoms with Crippen LogP contribution in [0.3, 0.4) is 0 Å². The normalized spacial score (nSPS) is 12.0. The molecule has 0 aliphatic rings. The Morgan fingerprint density at radius 3 is 2.23 bits per heavy atom. The highest BCUT2D eigenvalue weighted by atomic mass is 35.5. The number of benzene rings is 2. The highest BCUT2D eigenvalue weighted by Gasteiger charge is 2.41. The number of nitrogens with zero attached hydrogens (tertiary/aromatic N) is 2. The summed E-state index contributed by atoms with van der Waals surface area (Å²) < 4.78 is 72.2. The third-order valence-electron chi connectivity index (χ3n) is 5.34. The number of carbonyl (C=O) groups is 1. The van der Waals surface area contributed by atoms with Crippen molar-refractivity contribution in [2.45, 2.75) is 19.6 Å². The predicted molar refractivity (Wildman–Crippen MR) is 129 cm³/mol. The van der Waals surface area contributed by atoms with Gasteiger partial charge in [-0.25, -0.2) is 13.2 Å². The van der Waals surface area contributed by atoms with E-state index in [9.17, 15) is 26.4 Å². The van der Waals surface area contributed by atoms with Crippen molar-refractivity contribution in [2.75, 3.05) is 25.6 Å². The molecule has 6 nitrogen and oxygen atoms in total. The zero-order valence-corrected chi connectivity index (χ0v) is 20.8. The summed E-state index contributed by atoms with van der Waals surface area (Å²) in [7, 11) is -2.05. The maximum atomic E-state index is 14.3. The fraction of sp³-hybridized carbons (Fsp3) is 0.292. The summed E-state index contributed by atoms with van der Waals surface area (Å²) in [6.07, 6.45) is -4.70. The van der Waals surface area contributed by atoms with E-state index < -0.39 is 27.8 Å². The average Bonchev–Trinajstić information content (AvgIpc) is 3.03. The van der Waals surface area contributed by atoms with E-state index in [1.807, 2.05) is 0 Å². The summed E-state index contributed by atoms with van der Waals surface area (Å²) in [6, 6.07) is 14.6. The van der Waals surface area contributed by atoms with Gasteiger partial charge in [0.25, 0.3) is 0 Å². The first-order chi connectivity index (χ1) is 16.3. The molecule has 0 radical (unpaired) electrons. The molecule has 2 aromatic carbocycles. The second-order valence-electron chi connectivity index (χ2n) is 8.15. The molecule has 3 aromatic rings. The van der Waals surface area contributed by atoms with Crippen LogP contribution in [0.4, 0.5) is 18.0 Å². The lowest BCUT2D eigenvalue weighted by atomic mass is 10.0. The van der Waals surface area contributed by atoms with Crippen LogP contribution in [0.5, 0.6) is 5.88 Å². The van der Waals surface area contributed by atoms with Crippen LogP contribution in [0.25, 0.3) is 11.1 Å². The van der Waals surface area contributed by atoms with Crippen LogP contribution in [0, 0.1) is 6.92 Å². The van der Waals surface area contributed by atoms with Crippen molar-refractivity contribution in [1.82, 2.24) is 9.47 Å². The molecule has 3 rings (SSSR count). The van der Waals surface area contributed by atoms with E-state index >= 15 is 0 Å². The van der Waals surface area contributed by atoms with Crippen LogP contribution in [0.2, 0.25) is 5.02 Å². The summed E-state index contributed by atoms with van der Waals surface area (Å²) in [6.45, 7) is 0.928. The number of halogens is 4. The summed E-state index contributed by atoms with van der Waals surface area (Å²) in [4.78, 5) is 13.8. The molecule has 0 N–H and O–H groups in total. The Morgan fingerprint density at radius 1 is 1.09 bits per heavy atom. The maximum absolute atomic E-state index is 14.3. The Kier molecular flexibility index (Phi) is 7.86. The molecule has 188 valence electrons. The first-order valence-corrected chi connectivity index (χ1v) is 12.9. The van der Waals surface area contributed by atoms with E-state index in [2.05, 4.69) is 0 Å². The summed E-state index contributed by atoms with van der Waals surface area (Å²) in [5, 5.41) is 0.394. The van der Waals surface area contributed by atoms with Gasteiger partial charge in [0.2, 0.25) is 5.88 Å². The van der Waals surface area contributed by atoms with E-state index in [1.54, 1.807) is 42.5 Å². The zero-order valence-electron chi connectivity index (χ0n) is 19.3. The number of aromatic nitrogens is 1. The van der Waals surface area contributed by atoms with Crippen LogP contribution in [0.1, 0.15) is 16.8 Å². The third kappa shape index (κ3) is 6.58. The lowest BCUT2D eigenvalue weighted by Gasteiger charge is -2.19. The number of amides is 1. The minimum Gasteiger partial charge on any atom is -0.392 e. The second-order valence-corrected chi connectivity index (χ2v) is 10.8. The van der Waals surface area contributed by atoms with Gasteiger partial charge in [-0.1, -0.05) is 54.1 Å². The van der Waals surface area contributed by atoms with Crippen LogP contribution in [-0.2, 0) is 22.6 Å². The largest absolute Gasteiger partial charge is 0.431 e. The summed E-state index contributed by atoms with van der Waals surface area (Å²) >= 11 is 5.97. The van der Waals surface area contributed by atoms with Gasteiger partial charge in [0.15, 0.2) is 0 Å². The summed E-state index contributed by atoms with van der Waals surface area (Å²) in [5.41, 5.74) is -0.0239. The minimum atomic E-state index is -4.74. The van der Waals surface area contributed by atoms with E-state index in [-0.39, 0.29) is 35.8 Å². The first kappa shape index (κ1) is 26.6. The molecule has 0 aliphatic carbocycles. The molecule has 0 bridgehead atoms. The van der Waals surface area contributed by atoms with Crippen molar-refractivity contribution in [3.63, 3.8) is 0 Å². The Morgan fingerprint density at radius 2 is 1.69 bits per heavy atom. The molecule has 1 heterocycles. The fourth-order valence-corrected chi connectivity index (χ4v) is 4.35. The average molecular weight is 529 g/mol. The number of ether oxygens (including phenoxy) is 1. The van der Waals surface area contributed by atoms with Crippen LogP contribution < -0.4 is 4.74 Å². The van der Waals surface area contributed by atoms with Crippen molar-refractivity contribution in [2.24, 2.45) is 0 Å². The Hall–Kier alpha value is -2.98. The number of rotatable bonds is 7. The Balaban J connectivity index is 2.17. The molecular formula is C24H24ClF3N2O4S. The SMILES string of the molecule is Cc1c(-c2ccc(Cl)cc2)c(OC(=O)N(C)CCS(C)(=O)=O)n(Cc2ccccc2)c1C(F)(F)F. The number of hydrogen-bond acceptors (Lipinski definition) is 4. The Bertz CT molecular complexity index is 1310. The molecular weight excluding hydrogens is 505 g/mol. The van der Waals surface area contributed by atoms with Gasteiger partial charge in [-0.2, -0.15) is 13.2 Å². The lowest BCUT2D eigenvalue weighted by molar-refractivity contribution is -0.144. The molecule has 35 heavy (non-hydrogen) atoms. The van der Waals surface area contributed by atoms with E-state index in [0.29, 0.717) is 16.1 Å². The van der Waals surface area contributed by atoms with E-state index in [1.165, 1.54) is 26.1 Å². The van der Waals surface area contributed by atoms with Gasteiger partial charge < -0.3 is 14.2 Å². The summed E-state index contributed by atoms with van der Waals surface area (Å²) in [5.74, 6) is -0.613. The zero-order chi connectivity index (χ0) is 26.0. The lowest BCUT2D eigenvalue weighted by Crippen LogP contribution is -2.34. The maximum Gasteiger partial charge on any atom is 0.431 e. The van der Waals surface area contributed by atoms with Crippen molar-refractivity contribution in [1.29, 1.82) is 0 Å². The van der Waals surface area contributed by atoms with Gasteiger partial charge in [0.05, 0.1) is 12.3 Å². The van der Waals surface area contributed by atoms with Crippen molar-refractivity contribution < 1.29 is 31.1 Å². The molecule has 0 atom stereocenters. The van der Waals surface area contributed by atoms with Gasteiger partial charge in [0, 0.05) is 30.4 Å². The first-order valence-electron chi connectivity index (χ1n) is 10.5. The molecule has 0 aliphatic heterocycles. The highest BCUT2D eigenvalue weighted by Crippen LogP contribution is 2.45. The molecule has 0 spiro atoms. The standard InChI is InChI=1S/C24H24ClF3N2O4S/c1-16-20(18-9-11-19(25)12-10-18)22(34-23(31)29(2)13-14-35(3,32)33)30(21(16)24(26,27)28)15-17-7-5-4-6-8-17/h4-12H,13-15H2,1-3H3. The molecule has 0 unspecified atom stereocenters. The van der Waals surface area contributed by atoms with Crippen molar-refractivity contribution in [3.05, 3.63) is 76.4 Å². The number of alkyl halides is 3. The number of carbonyl (C=O) groups excluding carboxylic acids is 1. The van der Waals surface area contributed by atoms with Gasteiger partial charge in [0.1, 0.15) is 15.5 Å². The molecule has 0 saturated heterocycles. The van der Waals surface area contributed by atoms with Crippen molar-refractivity contribution in [3.8, 4) is 17.0 Å². The topological polar surface area (TPSA) is 68.6 Å². The van der Waals surface area contributed by atoms with Gasteiger partial charge in [-0.15, -0.1) is 0 Å². The predicted octanol–water partition coefficient (Wildman–Crippen LogP) is 5.66. The van der Waals surface area contributed by atoms with E-state index in [0.717, 1.165) is 15.7 Å². The minimum absolute atomic E-state index is 0.0924. The van der Waals surface area contributed by atoms with E-state index in [4.69, 9.17) is 16.3 Å². The van der Waals surface area contributed by atoms with Crippen LogP contribution in [-0.4, -0.2) is 49.6 Å². The van der Waals surface area contributed by atoms with Crippen molar-refractivity contribution >= 4 is 27.5 Å². The second kappa shape index (κ2) is 10.3. The monoisotopic (exact) mass is 528 g/mol. The number of hydrogen-bond donors (Lipinski definition) is 0. The Labute approximate surface area is 206 Å². The quantitative estimate of drug-likeness (QED) is 0.397. The molecule has 0 saturated carbocycles. The van der Waals surface area contributed by atoms with Gasteiger partial charge in [-0.05, 0) is 35.7 Å². The van der Waals surface area contributed by atoms with Gasteiger partial charge in [-0.3, -0.25) is 0 Å². The van der Waals surface area contributed by atoms with Crippen LogP contribution in [0.15, 0.2) is 54.6 Å². The molecule has 1 aromatic heterocycles. The highest BCUT2D eigenvalue weighted by molar-refractivity contribution is 7.90. The fourth-order valence-electron chi connectivity index (χ4n) is 3.62.